The maximum absolute atomic E-state index is 9.65. The molecule has 0 spiro atoms. The van der Waals surface area contributed by atoms with E-state index in [1.807, 2.05) is 48.5 Å². The first-order valence-corrected chi connectivity index (χ1v) is 6.16. The summed E-state index contributed by atoms with van der Waals surface area (Å²) < 4.78 is 6.72. The zero-order chi connectivity index (χ0) is 12.3. The van der Waals surface area contributed by atoms with Gasteiger partial charge in [0.25, 0.3) is 0 Å². The summed E-state index contributed by atoms with van der Waals surface area (Å²) in [7, 11) is 0. The number of halogens is 1. The van der Waals surface area contributed by atoms with Gasteiger partial charge in [0.15, 0.2) is 0 Å². The average molecular weight is 293 g/mol. The summed E-state index contributed by atoms with van der Waals surface area (Å²) in [4.78, 5) is 0. The van der Waals surface area contributed by atoms with E-state index in [0.29, 0.717) is 5.75 Å². The van der Waals surface area contributed by atoms with E-state index in [0.717, 1.165) is 15.8 Å². The number of aliphatic hydroxyl groups excluding tert-OH is 1. The van der Waals surface area contributed by atoms with E-state index in [1.54, 1.807) is 6.92 Å². The Morgan fingerprint density at radius 3 is 2.59 bits per heavy atom. The minimum atomic E-state index is -0.543. The van der Waals surface area contributed by atoms with E-state index >= 15 is 0 Å². The van der Waals surface area contributed by atoms with Crippen LogP contribution in [-0.4, -0.2) is 5.11 Å². The summed E-state index contributed by atoms with van der Waals surface area (Å²) >= 11 is 3.39. The number of aliphatic hydroxyl groups is 1. The predicted molar refractivity (Wildman–Crippen MR) is 71.3 cm³/mol. The number of hydrogen-bond acceptors (Lipinski definition) is 2. The van der Waals surface area contributed by atoms with Crippen LogP contribution in [-0.2, 0) is 0 Å². The number of hydrogen-bond donors (Lipinski definition) is 1. The molecular weight excluding hydrogens is 280 g/mol. The number of para-hydroxylation sites is 1. The Morgan fingerprint density at radius 1 is 1.12 bits per heavy atom. The molecule has 2 aromatic rings. The zero-order valence-electron chi connectivity index (χ0n) is 9.43. The summed E-state index contributed by atoms with van der Waals surface area (Å²) in [5, 5.41) is 9.65. The second-order valence-corrected chi connectivity index (χ2v) is 4.69. The first kappa shape index (κ1) is 12.1. The van der Waals surface area contributed by atoms with Crippen LogP contribution in [0.25, 0.3) is 0 Å². The molecule has 0 unspecified atom stereocenters. The van der Waals surface area contributed by atoms with E-state index in [4.69, 9.17) is 4.74 Å². The summed E-state index contributed by atoms with van der Waals surface area (Å²) in [5.74, 6) is 1.42. The molecule has 2 aromatic carbocycles. The van der Waals surface area contributed by atoms with Gasteiger partial charge in [-0.25, -0.2) is 0 Å². The van der Waals surface area contributed by atoms with Gasteiger partial charge in [-0.15, -0.1) is 0 Å². The Hall–Kier alpha value is -1.32. The lowest BCUT2D eigenvalue weighted by molar-refractivity contribution is 0.195. The van der Waals surface area contributed by atoms with E-state index in [2.05, 4.69) is 15.9 Å². The molecule has 0 radical (unpaired) electrons. The lowest BCUT2D eigenvalue weighted by atomic mass is 10.1. The van der Waals surface area contributed by atoms with Crippen molar-refractivity contribution in [2.45, 2.75) is 13.0 Å². The fraction of sp³-hybridized carbons (Fsp3) is 0.143. The maximum Gasteiger partial charge on any atom is 0.133 e. The van der Waals surface area contributed by atoms with Gasteiger partial charge < -0.3 is 9.84 Å². The van der Waals surface area contributed by atoms with Crippen molar-refractivity contribution in [1.82, 2.24) is 0 Å². The quantitative estimate of drug-likeness (QED) is 0.914. The molecule has 0 amide bonds. The fourth-order valence-electron chi connectivity index (χ4n) is 1.58. The normalized spacial score (nSPS) is 12.2. The van der Waals surface area contributed by atoms with Crippen molar-refractivity contribution < 1.29 is 9.84 Å². The monoisotopic (exact) mass is 292 g/mol. The van der Waals surface area contributed by atoms with Crippen LogP contribution in [0.15, 0.2) is 53.0 Å². The van der Waals surface area contributed by atoms with Crippen molar-refractivity contribution in [3.8, 4) is 11.5 Å². The van der Waals surface area contributed by atoms with E-state index in [1.165, 1.54) is 0 Å². The third kappa shape index (κ3) is 3.08. The van der Waals surface area contributed by atoms with Crippen molar-refractivity contribution in [3.63, 3.8) is 0 Å². The van der Waals surface area contributed by atoms with Gasteiger partial charge in [-0.1, -0.05) is 40.2 Å². The van der Waals surface area contributed by atoms with Crippen molar-refractivity contribution in [1.29, 1.82) is 0 Å². The Balaban J connectivity index is 2.30. The van der Waals surface area contributed by atoms with Gasteiger partial charge in [0.2, 0.25) is 0 Å². The molecule has 17 heavy (non-hydrogen) atoms. The first-order chi connectivity index (χ1) is 8.16. The molecule has 0 aliphatic carbocycles. The molecular formula is C14H13BrO2. The third-order valence-corrected chi connectivity index (χ3v) is 2.89. The van der Waals surface area contributed by atoms with Gasteiger partial charge in [-0.3, -0.25) is 0 Å². The second kappa shape index (κ2) is 5.34. The molecule has 0 saturated carbocycles. The smallest absolute Gasteiger partial charge is 0.133 e. The van der Waals surface area contributed by atoms with Gasteiger partial charge in [0.05, 0.1) is 6.10 Å². The fourth-order valence-corrected chi connectivity index (χ4v) is 1.95. The van der Waals surface area contributed by atoms with Gasteiger partial charge in [0.1, 0.15) is 11.5 Å². The van der Waals surface area contributed by atoms with Crippen molar-refractivity contribution in [2.24, 2.45) is 0 Å². The first-order valence-electron chi connectivity index (χ1n) is 5.37. The van der Waals surface area contributed by atoms with E-state index in [-0.39, 0.29) is 0 Å². The standard InChI is InChI=1S/C14H13BrO2/c1-10(16)13-7-2-3-8-14(13)17-12-6-4-5-11(15)9-12/h2-10,16H,1H3/t10-/m0/s1. The number of benzene rings is 2. The molecule has 1 atom stereocenters. The SMILES string of the molecule is C[C@H](O)c1ccccc1Oc1cccc(Br)c1. The van der Waals surface area contributed by atoms with Crippen LogP contribution in [0.4, 0.5) is 0 Å². The molecule has 3 heteroatoms. The summed E-state index contributed by atoms with van der Waals surface area (Å²) in [6.07, 6.45) is -0.543. The van der Waals surface area contributed by atoms with Crippen LogP contribution in [0, 0.1) is 0 Å². The molecule has 1 N–H and O–H groups in total. The van der Waals surface area contributed by atoms with E-state index < -0.39 is 6.10 Å². The van der Waals surface area contributed by atoms with Crippen LogP contribution in [0.5, 0.6) is 11.5 Å². The molecule has 0 bridgehead atoms. The highest BCUT2D eigenvalue weighted by Crippen LogP contribution is 2.30. The molecule has 0 heterocycles. The molecule has 0 aliphatic rings. The minimum absolute atomic E-state index is 0.543. The minimum Gasteiger partial charge on any atom is -0.457 e. The largest absolute Gasteiger partial charge is 0.457 e. The molecule has 0 aromatic heterocycles. The van der Waals surface area contributed by atoms with Crippen LogP contribution in [0.2, 0.25) is 0 Å². The Morgan fingerprint density at radius 2 is 1.88 bits per heavy atom. The summed E-state index contributed by atoms with van der Waals surface area (Å²) in [6, 6.07) is 15.1. The lowest BCUT2D eigenvalue weighted by Gasteiger charge is -2.12. The van der Waals surface area contributed by atoms with Crippen molar-refractivity contribution >= 4 is 15.9 Å². The lowest BCUT2D eigenvalue weighted by Crippen LogP contribution is -1.95. The highest BCUT2D eigenvalue weighted by molar-refractivity contribution is 9.10. The predicted octanol–water partition coefficient (Wildman–Crippen LogP) is 4.29. The van der Waals surface area contributed by atoms with Crippen molar-refractivity contribution in [2.75, 3.05) is 0 Å². The molecule has 0 fully saturated rings. The maximum atomic E-state index is 9.65. The average Bonchev–Trinajstić information content (AvgIpc) is 2.29. The van der Waals surface area contributed by atoms with Gasteiger partial charge in [-0.05, 0) is 31.2 Å². The topological polar surface area (TPSA) is 29.5 Å². The van der Waals surface area contributed by atoms with Crippen LogP contribution < -0.4 is 4.74 Å². The number of rotatable bonds is 3. The van der Waals surface area contributed by atoms with Gasteiger partial charge >= 0.3 is 0 Å². The highest BCUT2D eigenvalue weighted by Gasteiger charge is 2.08. The molecule has 88 valence electrons. The summed E-state index contributed by atoms with van der Waals surface area (Å²) in [5.41, 5.74) is 0.785. The molecule has 2 nitrogen and oxygen atoms in total. The number of ether oxygens (including phenoxy) is 1. The van der Waals surface area contributed by atoms with Crippen LogP contribution in [0.1, 0.15) is 18.6 Å². The van der Waals surface area contributed by atoms with Crippen molar-refractivity contribution in [3.05, 3.63) is 58.6 Å². The highest BCUT2D eigenvalue weighted by atomic mass is 79.9. The summed E-state index contributed by atoms with van der Waals surface area (Å²) in [6.45, 7) is 1.73. The zero-order valence-corrected chi connectivity index (χ0v) is 11.0. The third-order valence-electron chi connectivity index (χ3n) is 2.39. The van der Waals surface area contributed by atoms with E-state index in [9.17, 15) is 5.11 Å². The Bertz CT molecular complexity index is 509. The van der Waals surface area contributed by atoms with Gasteiger partial charge in [0, 0.05) is 10.0 Å². The molecule has 0 saturated heterocycles. The molecule has 2 rings (SSSR count). The Kier molecular flexibility index (Phi) is 3.82. The van der Waals surface area contributed by atoms with Gasteiger partial charge in [-0.2, -0.15) is 0 Å². The van der Waals surface area contributed by atoms with Crippen LogP contribution >= 0.6 is 15.9 Å². The molecule has 0 aliphatic heterocycles. The van der Waals surface area contributed by atoms with Crippen LogP contribution in [0.3, 0.4) is 0 Å². The second-order valence-electron chi connectivity index (χ2n) is 3.77. The Labute approximate surface area is 109 Å².